The summed E-state index contributed by atoms with van der Waals surface area (Å²) < 4.78 is 13.5. The molecule has 2 rings (SSSR count). The molecule has 0 aliphatic rings. The first kappa shape index (κ1) is 10.2. The summed E-state index contributed by atoms with van der Waals surface area (Å²) in [6.07, 6.45) is 0. The van der Waals surface area contributed by atoms with Gasteiger partial charge in [0, 0.05) is 11.7 Å². The standard InChI is InChI=1S/C15H17NO/c1-12(13-6-4-3-5-7-13)16-14-8-10-15(17-2)11-9-14/h3-12,16H,1-2H3/t12-/m1/s1/i12D. The first-order valence-corrected chi connectivity index (χ1v) is 5.59. The lowest BCUT2D eigenvalue weighted by molar-refractivity contribution is 0.415. The second-order valence-corrected chi connectivity index (χ2v) is 3.84. The molecule has 88 valence electrons. The van der Waals surface area contributed by atoms with Crippen molar-refractivity contribution in [1.29, 1.82) is 0 Å². The highest BCUT2D eigenvalue weighted by Crippen LogP contribution is 2.21. The van der Waals surface area contributed by atoms with Gasteiger partial charge in [0.15, 0.2) is 0 Å². The van der Waals surface area contributed by atoms with Crippen LogP contribution in [0.15, 0.2) is 54.6 Å². The number of ether oxygens (including phenoxy) is 1. The second-order valence-electron chi connectivity index (χ2n) is 3.84. The van der Waals surface area contributed by atoms with E-state index in [9.17, 15) is 0 Å². The molecular weight excluding hydrogens is 210 g/mol. The van der Waals surface area contributed by atoms with Crippen LogP contribution in [0.4, 0.5) is 5.69 Å². The Kier molecular flexibility index (Phi) is 3.24. The van der Waals surface area contributed by atoms with Crippen molar-refractivity contribution >= 4 is 5.69 Å². The number of hydrogen-bond donors (Lipinski definition) is 1. The summed E-state index contributed by atoms with van der Waals surface area (Å²) in [6, 6.07) is 16.5. The quantitative estimate of drug-likeness (QED) is 0.857. The van der Waals surface area contributed by atoms with E-state index in [4.69, 9.17) is 6.11 Å². The van der Waals surface area contributed by atoms with Crippen LogP contribution in [-0.2, 0) is 0 Å². The minimum Gasteiger partial charge on any atom is -0.497 e. The fourth-order valence-corrected chi connectivity index (χ4v) is 1.65. The first-order chi connectivity index (χ1) is 8.62. The zero-order valence-electron chi connectivity index (χ0n) is 11.1. The highest BCUT2D eigenvalue weighted by molar-refractivity contribution is 5.48. The summed E-state index contributed by atoms with van der Waals surface area (Å²) in [4.78, 5) is 0. The maximum Gasteiger partial charge on any atom is 0.119 e. The molecule has 1 atom stereocenters. The number of methoxy groups -OCH3 is 1. The lowest BCUT2D eigenvalue weighted by atomic mass is 10.1. The molecule has 2 heteroatoms. The molecule has 2 aromatic carbocycles. The van der Waals surface area contributed by atoms with Gasteiger partial charge in [0.2, 0.25) is 0 Å². The van der Waals surface area contributed by atoms with E-state index >= 15 is 0 Å². The highest BCUT2D eigenvalue weighted by atomic mass is 16.5. The molecule has 0 aliphatic carbocycles. The van der Waals surface area contributed by atoms with Gasteiger partial charge in [-0.05, 0) is 36.8 Å². The third-order valence-corrected chi connectivity index (χ3v) is 2.63. The van der Waals surface area contributed by atoms with Gasteiger partial charge in [-0.1, -0.05) is 30.3 Å². The third-order valence-electron chi connectivity index (χ3n) is 2.63. The van der Waals surface area contributed by atoms with Crippen molar-refractivity contribution in [3.05, 3.63) is 60.2 Å². The van der Waals surface area contributed by atoms with E-state index in [2.05, 4.69) is 5.32 Å². The van der Waals surface area contributed by atoms with Gasteiger partial charge in [-0.15, -0.1) is 0 Å². The van der Waals surface area contributed by atoms with Crippen LogP contribution in [0, 0.1) is 0 Å². The van der Waals surface area contributed by atoms with E-state index < -0.39 is 6.02 Å². The lowest BCUT2D eigenvalue weighted by Gasteiger charge is -2.15. The summed E-state index contributed by atoms with van der Waals surface area (Å²) in [7, 11) is 1.64. The zero-order chi connectivity index (χ0) is 13.0. The predicted octanol–water partition coefficient (Wildman–Crippen LogP) is 3.87. The van der Waals surface area contributed by atoms with E-state index in [1.165, 1.54) is 0 Å². The summed E-state index contributed by atoms with van der Waals surface area (Å²) >= 11 is 0. The van der Waals surface area contributed by atoms with Gasteiger partial charge in [-0.3, -0.25) is 0 Å². The van der Waals surface area contributed by atoms with Crippen LogP contribution >= 0.6 is 0 Å². The Morgan fingerprint density at radius 3 is 2.29 bits per heavy atom. The second kappa shape index (κ2) is 5.39. The van der Waals surface area contributed by atoms with Gasteiger partial charge in [-0.25, -0.2) is 0 Å². The fourth-order valence-electron chi connectivity index (χ4n) is 1.65. The van der Waals surface area contributed by atoms with Gasteiger partial charge < -0.3 is 10.1 Å². The number of anilines is 1. The Labute approximate surface area is 104 Å². The van der Waals surface area contributed by atoms with Crippen molar-refractivity contribution in [2.24, 2.45) is 0 Å². The number of hydrogen-bond acceptors (Lipinski definition) is 2. The molecule has 0 aromatic heterocycles. The van der Waals surface area contributed by atoms with E-state index in [0.717, 1.165) is 17.0 Å². The Balaban J connectivity index is 2.16. The molecule has 0 saturated heterocycles. The van der Waals surface area contributed by atoms with Gasteiger partial charge in [0.25, 0.3) is 0 Å². The minimum atomic E-state index is -0.851. The van der Waals surface area contributed by atoms with E-state index in [0.29, 0.717) is 0 Å². The molecular formula is C15H17NO. The van der Waals surface area contributed by atoms with Crippen molar-refractivity contribution in [3.63, 3.8) is 0 Å². The van der Waals surface area contributed by atoms with Crippen molar-refractivity contribution in [1.82, 2.24) is 0 Å². The van der Waals surface area contributed by atoms with Crippen LogP contribution in [0.3, 0.4) is 0 Å². The third kappa shape index (κ3) is 3.00. The van der Waals surface area contributed by atoms with Crippen molar-refractivity contribution in [2.45, 2.75) is 12.9 Å². The summed E-state index contributed by atoms with van der Waals surface area (Å²) in [5.74, 6) is 0.812. The van der Waals surface area contributed by atoms with E-state index in [-0.39, 0.29) is 0 Å². The lowest BCUT2D eigenvalue weighted by Crippen LogP contribution is -2.06. The zero-order valence-corrected chi connectivity index (χ0v) is 10.1. The Morgan fingerprint density at radius 1 is 1.06 bits per heavy atom. The van der Waals surface area contributed by atoms with Crippen LogP contribution in [0.5, 0.6) is 5.75 Å². The SMILES string of the molecule is [2H][C@](C)(Nc1ccc(OC)cc1)c1ccccc1. The molecule has 0 radical (unpaired) electrons. The Bertz CT molecular complexity index is 494. The monoisotopic (exact) mass is 228 g/mol. The van der Waals surface area contributed by atoms with Crippen LogP contribution in [0.25, 0.3) is 0 Å². The Hall–Kier alpha value is -1.96. The number of nitrogens with one attached hydrogen (secondary N) is 1. The molecule has 0 unspecified atom stereocenters. The van der Waals surface area contributed by atoms with Crippen molar-refractivity contribution in [2.75, 3.05) is 12.4 Å². The summed E-state index contributed by atoms with van der Waals surface area (Å²) in [5, 5.41) is 3.20. The molecule has 17 heavy (non-hydrogen) atoms. The first-order valence-electron chi connectivity index (χ1n) is 6.09. The molecule has 2 nitrogen and oxygen atoms in total. The van der Waals surface area contributed by atoms with Crippen molar-refractivity contribution in [3.8, 4) is 5.75 Å². The molecule has 2 aromatic rings. The maximum absolute atomic E-state index is 8.36. The maximum atomic E-state index is 8.36. The normalized spacial score (nSPS) is 14.6. The highest BCUT2D eigenvalue weighted by Gasteiger charge is 2.03. The molecule has 0 bridgehead atoms. The number of benzene rings is 2. The van der Waals surface area contributed by atoms with Gasteiger partial charge >= 0.3 is 0 Å². The molecule has 0 heterocycles. The van der Waals surface area contributed by atoms with Crippen LogP contribution in [0.1, 0.15) is 19.9 Å². The van der Waals surface area contributed by atoms with Gasteiger partial charge in [0.1, 0.15) is 5.75 Å². The Morgan fingerprint density at radius 2 is 1.71 bits per heavy atom. The van der Waals surface area contributed by atoms with Crippen LogP contribution in [-0.4, -0.2) is 7.11 Å². The average molecular weight is 228 g/mol. The molecule has 0 amide bonds. The largest absolute Gasteiger partial charge is 0.497 e. The molecule has 0 fully saturated rings. The minimum absolute atomic E-state index is 0.812. The molecule has 1 N–H and O–H groups in total. The van der Waals surface area contributed by atoms with Gasteiger partial charge in [0.05, 0.1) is 8.48 Å². The predicted molar refractivity (Wildman–Crippen MR) is 71.5 cm³/mol. The van der Waals surface area contributed by atoms with E-state index in [1.807, 2.05) is 61.5 Å². The van der Waals surface area contributed by atoms with Crippen LogP contribution < -0.4 is 10.1 Å². The van der Waals surface area contributed by atoms with E-state index in [1.54, 1.807) is 7.11 Å². The average Bonchev–Trinajstić information content (AvgIpc) is 2.40. The topological polar surface area (TPSA) is 21.3 Å². The van der Waals surface area contributed by atoms with Crippen molar-refractivity contribution < 1.29 is 6.11 Å². The van der Waals surface area contributed by atoms with Crippen LogP contribution in [0.2, 0.25) is 0 Å². The summed E-state index contributed by atoms with van der Waals surface area (Å²) in [6.45, 7) is 1.84. The summed E-state index contributed by atoms with van der Waals surface area (Å²) in [5.41, 5.74) is 1.83. The smallest absolute Gasteiger partial charge is 0.119 e. The molecule has 0 saturated carbocycles. The molecule has 0 aliphatic heterocycles. The number of rotatable bonds is 4. The fraction of sp³-hybridized carbons (Fsp3) is 0.200. The molecule has 0 spiro atoms. The van der Waals surface area contributed by atoms with Gasteiger partial charge in [-0.2, -0.15) is 0 Å².